The molecule has 2 heteroatoms. The molecule has 106 valence electrons. The largest absolute Gasteiger partial charge is 4.00 e. The van der Waals surface area contributed by atoms with Crippen molar-refractivity contribution < 1.29 is 34.1 Å². The summed E-state index contributed by atoms with van der Waals surface area (Å²) >= 11 is 0. The predicted molar refractivity (Wildman–Crippen MR) is 76.8 cm³/mol. The minimum atomic E-state index is 0. The second kappa shape index (κ2) is 18.4. The topological polar surface area (TPSA) is 0 Å². The monoisotopic (exact) mass is 314 g/mol. The van der Waals surface area contributed by atoms with Crippen LogP contribution in [0.4, 0.5) is 0 Å². The van der Waals surface area contributed by atoms with Crippen molar-refractivity contribution >= 4 is 0 Å². The van der Waals surface area contributed by atoms with Crippen LogP contribution in [0.25, 0.3) is 0 Å². The van der Waals surface area contributed by atoms with E-state index in [1.165, 1.54) is 64.2 Å². The van der Waals surface area contributed by atoms with Crippen molar-refractivity contribution in [2.45, 2.75) is 64.2 Å². The van der Waals surface area contributed by atoms with Crippen molar-refractivity contribution in [2.24, 2.45) is 0 Å². The van der Waals surface area contributed by atoms with Gasteiger partial charge in [-0.25, -0.2) is 12.1 Å². The van der Waals surface area contributed by atoms with Crippen LogP contribution in [-0.4, -0.2) is 0 Å². The summed E-state index contributed by atoms with van der Waals surface area (Å²) in [4.78, 5) is 0. The zero-order chi connectivity index (χ0) is 12.0. The Morgan fingerprint density at radius 3 is 1.05 bits per heavy atom. The summed E-state index contributed by atoms with van der Waals surface area (Å²) in [6, 6.07) is 10.0. The summed E-state index contributed by atoms with van der Waals surface area (Å²) in [6.07, 6.45) is 19.0. The molecule has 0 spiro atoms. The summed E-state index contributed by atoms with van der Waals surface area (Å²) in [7, 11) is 0. The van der Waals surface area contributed by atoms with Gasteiger partial charge >= 0.3 is 21.7 Å². The van der Waals surface area contributed by atoms with Crippen molar-refractivity contribution in [3.8, 4) is 0 Å². The van der Waals surface area contributed by atoms with Gasteiger partial charge < -0.3 is 25.2 Å². The molecule has 0 unspecified atom stereocenters. The van der Waals surface area contributed by atoms with Crippen LogP contribution in [0, 0.1) is 12.8 Å². The molecule has 0 radical (unpaired) electrons. The maximum Gasteiger partial charge on any atom is 4.00 e. The van der Waals surface area contributed by atoms with Crippen LogP contribution in [0.2, 0.25) is 0 Å². The Morgan fingerprint density at radius 2 is 0.947 bits per heavy atom. The van der Waals surface area contributed by atoms with Crippen LogP contribution in [0.5, 0.6) is 0 Å². The van der Waals surface area contributed by atoms with Gasteiger partial charge in [0.1, 0.15) is 0 Å². The van der Waals surface area contributed by atoms with E-state index in [0.717, 1.165) is 0 Å². The number of rotatable bonds is 0. The van der Waals surface area contributed by atoms with Gasteiger partial charge in [-0.15, -0.1) is 0 Å². The van der Waals surface area contributed by atoms with Crippen LogP contribution in [0.1, 0.15) is 64.2 Å². The minimum Gasteiger partial charge on any atom is -1.00 e. The van der Waals surface area contributed by atoms with E-state index in [-0.39, 0.29) is 34.1 Å². The molecule has 2 saturated carbocycles. The van der Waals surface area contributed by atoms with E-state index in [4.69, 9.17) is 0 Å². The maximum absolute atomic E-state index is 2.39. The Morgan fingerprint density at radius 1 is 0.579 bits per heavy atom. The van der Waals surface area contributed by atoms with E-state index in [9.17, 15) is 0 Å². The Kier molecular flexibility index (Phi) is 20.9. The molecule has 2 aliphatic carbocycles. The minimum absolute atomic E-state index is 0. The third-order valence-electron chi connectivity index (χ3n) is 3.19. The molecule has 0 aliphatic heterocycles. The molecular weight excluding hydrogens is 288 g/mol. The fourth-order valence-electron chi connectivity index (χ4n) is 2.12. The molecule has 0 bridgehead atoms. The first kappa shape index (κ1) is 21.6. The standard InChI is InChI=1S/2C6H11.C5H5.ClH.Ti/c2*1-2-4-6-5-3-1;1-2-4-5-3-1;;/h2*1H,2-6H2;1-5H;1H;/q3*-1;;+4/p-1. The van der Waals surface area contributed by atoms with Crippen LogP contribution < -0.4 is 12.4 Å². The Balaban J connectivity index is 0. The van der Waals surface area contributed by atoms with E-state index in [1.807, 2.05) is 30.3 Å². The molecular formula is C17H27ClTi. The van der Waals surface area contributed by atoms with E-state index >= 15 is 0 Å². The average Bonchev–Trinajstić information content (AvgIpc) is 3.03. The quantitative estimate of drug-likeness (QED) is 0.510. The molecule has 0 saturated heterocycles. The summed E-state index contributed by atoms with van der Waals surface area (Å²) in [6.45, 7) is 0. The van der Waals surface area contributed by atoms with E-state index in [2.05, 4.69) is 12.8 Å². The van der Waals surface area contributed by atoms with E-state index < -0.39 is 0 Å². The first-order chi connectivity index (χ1) is 8.50. The second-order valence-electron chi connectivity index (χ2n) is 4.82. The molecule has 2 fully saturated rings. The third-order valence-corrected chi connectivity index (χ3v) is 3.19. The van der Waals surface area contributed by atoms with Gasteiger partial charge in [-0.2, -0.15) is 43.9 Å². The van der Waals surface area contributed by atoms with Gasteiger partial charge in [-0.05, 0) is 0 Å². The van der Waals surface area contributed by atoms with Crippen molar-refractivity contribution in [3.05, 3.63) is 43.2 Å². The Labute approximate surface area is 141 Å². The molecule has 0 N–H and O–H groups in total. The fourth-order valence-corrected chi connectivity index (χ4v) is 2.12. The molecule has 2 aliphatic rings. The van der Waals surface area contributed by atoms with Crippen molar-refractivity contribution in [1.82, 2.24) is 0 Å². The van der Waals surface area contributed by atoms with Gasteiger partial charge in [-0.1, -0.05) is 38.5 Å². The fraction of sp³-hybridized carbons (Fsp3) is 0.588. The summed E-state index contributed by atoms with van der Waals surface area (Å²) in [5.41, 5.74) is 0. The molecule has 0 atom stereocenters. The van der Waals surface area contributed by atoms with Crippen LogP contribution in [0.15, 0.2) is 30.3 Å². The molecule has 19 heavy (non-hydrogen) atoms. The Hall–Kier alpha value is 0.354. The molecule has 0 amide bonds. The molecule has 1 aromatic carbocycles. The first-order valence-corrected chi connectivity index (χ1v) is 7.30. The molecule has 0 heterocycles. The smallest absolute Gasteiger partial charge is 1.00 e. The van der Waals surface area contributed by atoms with Crippen LogP contribution >= 0.6 is 0 Å². The summed E-state index contributed by atoms with van der Waals surface area (Å²) in [5.74, 6) is 0. The van der Waals surface area contributed by atoms with Crippen molar-refractivity contribution in [1.29, 1.82) is 0 Å². The zero-order valence-electron chi connectivity index (χ0n) is 12.0. The number of hydrogen-bond acceptors (Lipinski definition) is 0. The summed E-state index contributed by atoms with van der Waals surface area (Å²) < 4.78 is 0. The van der Waals surface area contributed by atoms with Gasteiger partial charge in [-0.3, -0.25) is 0 Å². The van der Waals surface area contributed by atoms with Gasteiger partial charge in [0.25, 0.3) is 0 Å². The molecule has 0 nitrogen and oxygen atoms in total. The summed E-state index contributed by atoms with van der Waals surface area (Å²) in [5, 5.41) is 0. The molecule has 0 aromatic heterocycles. The predicted octanol–water partition coefficient (Wildman–Crippen LogP) is 2.72. The molecule has 3 rings (SSSR count). The Bertz CT molecular complexity index is 161. The van der Waals surface area contributed by atoms with Gasteiger partial charge in [0.2, 0.25) is 0 Å². The number of hydrogen-bond donors (Lipinski definition) is 0. The van der Waals surface area contributed by atoms with Gasteiger partial charge in [0, 0.05) is 0 Å². The SMILES string of the molecule is [CH-]1CCCCC1.[CH-]1CCCCC1.[Cl-].[Ti+4].c1cc[cH-]c1. The average molecular weight is 315 g/mol. The number of halogens is 1. The zero-order valence-corrected chi connectivity index (χ0v) is 14.3. The van der Waals surface area contributed by atoms with Gasteiger partial charge in [0.15, 0.2) is 0 Å². The second-order valence-corrected chi connectivity index (χ2v) is 4.82. The van der Waals surface area contributed by atoms with Crippen LogP contribution in [0.3, 0.4) is 0 Å². The first-order valence-electron chi connectivity index (χ1n) is 7.30. The van der Waals surface area contributed by atoms with E-state index in [0.29, 0.717) is 0 Å². The van der Waals surface area contributed by atoms with Crippen molar-refractivity contribution in [3.63, 3.8) is 0 Å². The van der Waals surface area contributed by atoms with Crippen LogP contribution in [-0.2, 0) is 21.7 Å². The van der Waals surface area contributed by atoms with Crippen molar-refractivity contribution in [2.75, 3.05) is 0 Å². The van der Waals surface area contributed by atoms with E-state index in [1.54, 1.807) is 0 Å². The van der Waals surface area contributed by atoms with Gasteiger partial charge in [0.05, 0.1) is 0 Å². The third kappa shape index (κ3) is 16.3. The maximum atomic E-state index is 2.39. The molecule has 1 aromatic rings. The normalized spacial score (nSPS) is 17.3.